The zero-order chi connectivity index (χ0) is 47.2. The molecule has 2 unspecified atom stereocenters. The maximum absolute atomic E-state index is 12.5. The molecule has 2 atom stereocenters. The van der Waals surface area contributed by atoms with Crippen LogP contribution in [0.4, 0.5) is 0 Å². The summed E-state index contributed by atoms with van der Waals surface area (Å²) < 4.78 is 5.45. The van der Waals surface area contributed by atoms with E-state index in [-0.39, 0.29) is 18.5 Å². The molecule has 6 heteroatoms. The van der Waals surface area contributed by atoms with Gasteiger partial charge < -0.3 is 20.3 Å². The maximum atomic E-state index is 12.5. The summed E-state index contributed by atoms with van der Waals surface area (Å²) in [4.78, 5) is 24.5. The maximum Gasteiger partial charge on any atom is 0.305 e. The second kappa shape index (κ2) is 54.9. The number of esters is 1. The van der Waals surface area contributed by atoms with Crippen molar-refractivity contribution in [3.05, 3.63) is 24.3 Å². The molecule has 0 aliphatic heterocycles. The van der Waals surface area contributed by atoms with Crippen molar-refractivity contribution in [2.45, 2.75) is 328 Å². The van der Waals surface area contributed by atoms with Crippen molar-refractivity contribution in [3.8, 4) is 0 Å². The van der Waals surface area contributed by atoms with Crippen molar-refractivity contribution in [1.82, 2.24) is 5.32 Å². The number of aliphatic hydroxyl groups excluding tert-OH is 2. The minimum atomic E-state index is -0.669. The molecule has 3 N–H and O–H groups in total. The summed E-state index contributed by atoms with van der Waals surface area (Å²) in [5.74, 6) is -0.0440. The van der Waals surface area contributed by atoms with Gasteiger partial charge in [0.2, 0.25) is 5.91 Å². The Bertz CT molecular complexity index is 1010. The molecule has 0 saturated heterocycles. The fraction of sp³-hybridized carbons (Fsp3) is 0.898. The molecule has 0 spiro atoms. The van der Waals surface area contributed by atoms with Gasteiger partial charge in [0, 0.05) is 12.8 Å². The number of amides is 1. The molecule has 0 aromatic carbocycles. The number of ether oxygens (including phenoxy) is 1. The van der Waals surface area contributed by atoms with Crippen molar-refractivity contribution < 1.29 is 24.5 Å². The number of rotatable bonds is 54. The molecule has 65 heavy (non-hydrogen) atoms. The van der Waals surface area contributed by atoms with Gasteiger partial charge in [0.15, 0.2) is 0 Å². The Morgan fingerprint density at radius 1 is 0.415 bits per heavy atom. The van der Waals surface area contributed by atoms with E-state index in [9.17, 15) is 19.8 Å². The molecule has 0 aliphatic carbocycles. The van der Waals surface area contributed by atoms with Crippen LogP contribution in [-0.2, 0) is 14.3 Å². The predicted molar refractivity (Wildman–Crippen MR) is 283 cm³/mol. The van der Waals surface area contributed by atoms with Crippen LogP contribution < -0.4 is 5.32 Å². The van der Waals surface area contributed by atoms with Crippen LogP contribution in [0.1, 0.15) is 316 Å². The Morgan fingerprint density at radius 3 is 1.14 bits per heavy atom. The highest BCUT2D eigenvalue weighted by molar-refractivity contribution is 5.76. The van der Waals surface area contributed by atoms with E-state index >= 15 is 0 Å². The number of aliphatic hydroxyl groups is 2. The van der Waals surface area contributed by atoms with Gasteiger partial charge in [0.1, 0.15) is 0 Å². The third-order valence-electron chi connectivity index (χ3n) is 13.5. The molecule has 0 bridgehead atoms. The average Bonchev–Trinajstić information content (AvgIpc) is 3.31. The molecule has 384 valence electrons. The van der Waals surface area contributed by atoms with Crippen molar-refractivity contribution in [3.63, 3.8) is 0 Å². The van der Waals surface area contributed by atoms with Gasteiger partial charge in [-0.3, -0.25) is 9.59 Å². The molecule has 0 saturated carbocycles. The van der Waals surface area contributed by atoms with Crippen LogP contribution in [0.5, 0.6) is 0 Å². The quantitative estimate of drug-likeness (QED) is 0.0321. The first kappa shape index (κ1) is 63.3. The summed E-state index contributed by atoms with van der Waals surface area (Å²) in [6.07, 6.45) is 66.0. The lowest BCUT2D eigenvalue weighted by Crippen LogP contribution is -2.45. The number of hydrogen-bond acceptors (Lipinski definition) is 5. The molecule has 0 aliphatic rings. The zero-order valence-corrected chi connectivity index (χ0v) is 43.7. The molecule has 0 radical (unpaired) electrons. The molecule has 0 aromatic rings. The lowest BCUT2D eigenvalue weighted by Gasteiger charge is -2.22. The van der Waals surface area contributed by atoms with Crippen molar-refractivity contribution >= 4 is 11.9 Å². The first-order valence-corrected chi connectivity index (χ1v) is 29.1. The standard InChI is InChI=1S/C59H113NO5/c1-3-5-7-9-11-13-15-16-17-25-28-32-35-39-43-47-51-57(62)56(55-61)60-58(63)52-48-44-40-36-33-29-26-23-21-19-18-20-22-24-27-30-34-38-42-46-50-54-65-59(64)53-49-45-41-37-31-14-12-10-8-6-4-2/h10,12,19,21,56-57,61-62H,3-9,11,13-18,20,22-55H2,1-2H3,(H,60,63)/b12-10-,21-19-. The summed E-state index contributed by atoms with van der Waals surface area (Å²) in [6.45, 7) is 4.92. The van der Waals surface area contributed by atoms with Gasteiger partial charge in [-0.15, -0.1) is 0 Å². The van der Waals surface area contributed by atoms with Crippen molar-refractivity contribution in [2.24, 2.45) is 0 Å². The minimum Gasteiger partial charge on any atom is -0.466 e. The molecule has 6 nitrogen and oxygen atoms in total. The summed E-state index contributed by atoms with van der Waals surface area (Å²) >= 11 is 0. The van der Waals surface area contributed by atoms with Crippen molar-refractivity contribution in [2.75, 3.05) is 13.2 Å². The highest BCUT2D eigenvalue weighted by Gasteiger charge is 2.20. The Labute approximate surface area is 405 Å². The second-order valence-electron chi connectivity index (χ2n) is 20.0. The van der Waals surface area contributed by atoms with Crippen LogP contribution in [0.2, 0.25) is 0 Å². The van der Waals surface area contributed by atoms with Crippen LogP contribution in [0, 0.1) is 0 Å². The van der Waals surface area contributed by atoms with Crippen LogP contribution in [0.25, 0.3) is 0 Å². The monoisotopic (exact) mass is 916 g/mol. The van der Waals surface area contributed by atoms with Crippen LogP contribution in [-0.4, -0.2) is 47.4 Å². The SMILES string of the molecule is CCCC/C=C\CCCCCCCC(=O)OCCCCCCCCCCCC/C=C\CCCCCCCCCC(=O)NC(CO)C(O)CCCCCCCCCCCCCCCCCC. The molecule has 0 aromatic heterocycles. The average molecular weight is 917 g/mol. The second-order valence-corrected chi connectivity index (χ2v) is 20.0. The van der Waals surface area contributed by atoms with E-state index in [1.54, 1.807) is 0 Å². The number of unbranched alkanes of at least 4 members (excludes halogenated alkanes) is 39. The van der Waals surface area contributed by atoms with Crippen molar-refractivity contribution in [1.29, 1.82) is 0 Å². The van der Waals surface area contributed by atoms with E-state index in [1.165, 1.54) is 238 Å². The molecular formula is C59H113NO5. The smallest absolute Gasteiger partial charge is 0.305 e. The molecule has 0 fully saturated rings. The van der Waals surface area contributed by atoms with Gasteiger partial charge in [0.25, 0.3) is 0 Å². The summed E-state index contributed by atoms with van der Waals surface area (Å²) in [6, 6.07) is -0.547. The summed E-state index contributed by atoms with van der Waals surface area (Å²) in [5.41, 5.74) is 0. The Morgan fingerprint density at radius 2 is 0.738 bits per heavy atom. The normalized spacial score (nSPS) is 12.7. The number of nitrogens with one attached hydrogen (secondary N) is 1. The number of hydrogen-bond donors (Lipinski definition) is 3. The Balaban J connectivity index is 3.43. The van der Waals surface area contributed by atoms with Gasteiger partial charge in [-0.2, -0.15) is 0 Å². The van der Waals surface area contributed by atoms with E-state index in [4.69, 9.17) is 4.74 Å². The van der Waals surface area contributed by atoms with E-state index < -0.39 is 12.1 Å². The first-order chi connectivity index (χ1) is 32.0. The fourth-order valence-corrected chi connectivity index (χ4v) is 8.97. The highest BCUT2D eigenvalue weighted by atomic mass is 16.5. The molecule has 0 heterocycles. The van der Waals surface area contributed by atoms with Gasteiger partial charge in [-0.05, 0) is 70.6 Å². The van der Waals surface area contributed by atoms with Gasteiger partial charge in [0.05, 0.1) is 25.4 Å². The third kappa shape index (κ3) is 51.6. The number of allylic oxidation sites excluding steroid dienone is 4. The largest absolute Gasteiger partial charge is 0.466 e. The van der Waals surface area contributed by atoms with E-state index in [0.29, 0.717) is 25.9 Å². The van der Waals surface area contributed by atoms with E-state index in [2.05, 4.69) is 43.5 Å². The summed E-state index contributed by atoms with van der Waals surface area (Å²) in [7, 11) is 0. The topological polar surface area (TPSA) is 95.9 Å². The highest BCUT2D eigenvalue weighted by Crippen LogP contribution is 2.17. The lowest BCUT2D eigenvalue weighted by molar-refractivity contribution is -0.143. The number of carbonyl (C=O) groups is 2. The predicted octanol–water partition coefficient (Wildman–Crippen LogP) is 17.9. The first-order valence-electron chi connectivity index (χ1n) is 29.1. The van der Waals surface area contributed by atoms with E-state index in [1.807, 2.05) is 0 Å². The van der Waals surface area contributed by atoms with Gasteiger partial charge >= 0.3 is 5.97 Å². The van der Waals surface area contributed by atoms with Gasteiger partial charge in [-0.25, -0.2) is 0 Å². The Hall–Kier alpha value is -1.66. The van der Waals surface area contributed by atoms with E-state index in [0.717, 1.165) is 44.9 Å². The third-order valence-corrected chi connectivity index (χ3v) is 13.5. The van der Waals surface area contributed by atoms with Crippen LogP contribution in [0.3, 0.4) is 0 Å². The van der Waals surface area contributed by atoms with Crippen LogP contribution in [0.15, 0.2) is 24.3 Å². The minimum absolute atomic E-state index is 0.00277. The fourth-order valence-electron chi connectivity index (χ4n) is 8.97. The Kier molecular flexibility index (Phi) is 53.5. The summed E-state index contributed by atoms with van der Waals surface area (Å²) in [5, 5.41) is 23.3. The zero-order valence-electron chi connectivity index (χ0n) is 43.7. The van der Waals surface area contributed by atoms with Crippen LogP contribution >= 0.6 is 0 Å². The molecule has 0 rings (SSSR count). The lowest BCUT2D eigenvalue weighted by atomic mass is 10.0. The molecule has 1 amide bonds. The number of carbonyl (C=O) groups excluding carboxylic acids is 2. The molecular weight excluding hydrogens is 803 g/mol. The van der Waals surface area contributed by atoms with Gasteiger partial charge in [-0.1, -0.05) is 256 Å².